The molecule has 1 aliphatic heterocycles. The summed E-state index contributed by atoms with van der Waals surface area (Å²) in [6.07, 6.45) is 11.8. The normalized spacial score (nSPS) is 16.4. The predicted octanol–water partition coefficient (Wildman–Crippen LogP) is 3.08. The number of rotatable bonds is 8. The van der Waals surface area contributed by atoms with Gasteiger partial charge in [0, 0.05) is 0 Å². The first-order valence-electron chi connectivity index (χ1n) is 15.3. The van der Waals surface area contributed by atoms with Crippen molar-refractivity contribution in [2.24, 2.45) is 5.73 Å². The number of fused-ring (bicyclic) bond motifs is 16. The number of quaternary nitrogens is 1. The minimum Gasteiger partial charge on any atom is -0.446 e. The van der Waals surface area contributed by atoms with Crippen LogP contribution < -0.4 is 22.1 Å². The molecule has 0 saturated heterocycles. The van der Waals surface area contributed by atoms with Crippen LogP contribution in [0.5, 0.6) is 0 Å². The maximum absolute atomic E-state index is 13.3. The van der Waals surface area contributed by atoms with Gasteiger partial charge in [0.1, 0.15) is 49.7 Å². The number of amides is 2. The van der Waals surface area contributed by atoms with Gasteiger partial charge in [-0.15, -0.1) is 0 Å². The summed E-state index contributed by atoms with van der Waals surface area (Å²) in [5, 5.41) is 5.82. The number of hydrogen-bond donors (Lipinski definition) is 4. The van der Waals surface area contributed by atoms with Crippen molar-refractivity contribution in [2.45, 2.75) is 50.6 Å². The van der Waals surface area contributed by atoms with E-state index in [1.54, 1.807) is 0 Å². The Labute approximate surface area is 270 Å². The molecule has 7 heterocycles. The van der Waals surface area contributed by atoms with Crippen molar-refractivity contribution in [3.05, 3.63) is 60.7 Å². The smallest absolute Gasteiger partial charge is 0.273 e. The first-order chi connectivity index (χ1) is 23.5. The van der Waals surface area contributed by atoms with E-state index in [-0.39, 0.29) is 69.5 Å². The lowest BCUT2D eigenvalue weighted by Gasteiger charge is -2.14. The molecular weight excluding hydrogens is 628 g/mol. The van der Waals surface area contributed by atoms with E-state index in [0.717, 1.165) is 25.8 Å². The Balaban J connectivity index is 1.25. The second-order valence-electron chi connectivity index (χ2n) is 11.0. The number of carbonyl (C=O) groups is 2. The monoisotopic (exact) mass is 659 g/mol. The molecule has 0 saturated carbocycles. The van der Waals surface area contributed by atoms with E-state index in [4.69, 9.17) is 32.2 Å². The van der Waals surface area contributed by atoms with Gasteiger partial charge in [-0.25, -0.2) is 29.9 Å². The quantitative estimate of drug-likeness (QED) is 0.171. The van der Waals surface area contributed by atoms with Crippen LogP contribution in [0.3, 0.4) is 0 Å². The van der Waals surface area contributed by atoms with Crippen molar-refractivity contribution in [1.82, 2.24) is 40.5 Å². The molecule has 6 aromatic rings. The van der Waals surface area contributed by atoms with E-state index in [1.807, 2.05) is 0 Å². The largest absolute Gasteiger partial charge is 0.446 e. The van der Waals surface area contributed by atoms with Gasteiger partial charge in [-0.2, -0.15) is 0 Å². The molecule has 0 aromatic carbocycles. The minimum atomic E-state index is -0.631. The molecule has 0 spiro atoms. The van der Waals surface area contributed by atoms with Crippen molar-refractivity contribution < 1.29 is 41.8 Å². The summed E-state index contributed by atoms with van der Waals surface area (Å²) in [7, 11) is 0. The third-order valence-corrected chi connectivity index (χ3v) is 7.55. The molecule has 7 rings (SSSR count). The Kier molecular flexibility index (Phi) is 8.63. The van der Waals surface area contributed by atoms with E-state index >= 15 is 0 Å². The maximum atomic E-state index is 13.3. The highest BCUT2D eigenvalue weighted by Crippen LogP contribution is 2.30. The highest BCUT2D eigenvalue weighted by Gasteiger charge is 2.27. The summed E-state index contributed by atoms with van der Waals surface area (Å²) in [5.41, 5.74) is 10.6. The van der Waals surface area contributed by atoms with Crippen LogP contribution in [0.15, 0.2) is 64.1 Å². The molecule has 2 unspecified atom stereocenters. The molecule has 0 aliphatic carbocycles. The van der Waals surface area contributed by atoms with Gasteiger partial charge in [0.25, 0.3) is 11.8 Å². The molecule has 48 heavy (non-hydrogen) atoms. The van der Waals surface area contributed by atoms with E-state index in [2.05, 4.69) is 46.3 Å². The Bertz CT molecular complexity index is 1870. The predicted molar refractivity (Wildman–Crippen MR) is 160 cm³/mol. The summed E-state index contributed by atoms with van der Waals surface area (Å²) >= 11 is 0. The number of nitrogens with one attached hydrogen (secondary N) is 2. The molecule has 248 valence electrons. The van der Waals surface area contributed by atoms with Gasteiger partial charge in [-0.3, -0.25) is 9.59 Å². The third-order valence-electron chi connectivity index (χ3n) is 7.55. The van der Waals surface area contributed by atoms with Gasteiger partial charge >= 0.3 is 0 Å². The summed E-state index contributed by atoms with van der Waals surface area (Å²) in [4.78, 5) is 53.1. The molecule has 1 aliphatic rings. The topological polar surface area (TPSA) is 268 Å². The lowest BCUT2D eigenvalue weighted by atomic mass is 10.1. The van der Waals surface area contributed by atoms with Crippen LogP contribution in [-0.4, -0.2) is 54.8 Å². The second-order valence-corrected chi connectivity index (χ2v) is 11.0. The molecular formula is C30H31N10O8+. The van der Waals surface area contributed by atoms with Gasteiger partial charge in [-0.05, 0) is 45.1 Å². The lowest BCUT2D eigenvalue weighted by Crippen LogP contribution is -2.50. The summed E-state index contributed by atoms with van der Waals surface area (Å²) in [5.74, 6) is -0.226. The Morgan fingerprint density at radius 3 is 1.35 bits per heavy atom. The molecule has 2 amide bonds. The minimum absolute atomic E-state index is 0.00635. The average Bonchev–Trinajstić information content (AvgIpc) is 3.94. The van der Waals surface area contributed by atoms with Crippen LogP contribution in [0.4, 0.5) is 0 Å². The fourth-order valence-corrected chi connectivity index (χ4v) is 5.06. The number of carbonyl (C=O) groups excluding carboxylic acids is 2. The summed E-state index contributed by atoms with van der Waals surface area (Å²) in [6.45, 7) is 1.22. The second kappa shape index (κ2) is 13.5. The molecule has 12 bridgehead atoms. The van der Waals surface area contributed by atoms with Crippen LogP contribution in [0.25, 0.3) is 46.3 Å². The lowest BCUT2D eigenvalue weighted by molar-refractivity contribution is -0.368. The Morgan fingerprint density at radius 1 is 0.542 bits per heavy atom. The van der Waals surface area contributed by atoms with Gasteiger partial charge in [0.05, 0.1) is 6.54 Å². The van der Waals surface area contributed by atoms with Gasteiger partial charge in [0.2, 0.25) is 35.3 Å². The molecule has 6 aromatic heterocycles. The average molecular weight is 660 g/mol. The zero-order valence-electron chi connectivity index (χ0n) is 25.5. The number of nitrogens with two attached hydrogens (primary N) is 1. The van der Waals surface area contributed by atoms with E-state index in [0.29, 0.717) is 25.8 Å². The number of oxazole rings is 6. The van der Waals surface area contributed by atoms with Gasteiger partial charge in [0.15, 0.2) is 34.2 Å². The summed E-state index contributed by atoms with van der Waals surface area (Å²) < 4.78 is 33.9. The molecule has 2 atom stereocenters. The maximum Gasteiger partial charge on any atom is 0.273 e. The van der Waals surface area contributed by atoms with Gasteiger partial charge < -0.3 is 48.6 Å². The molecule has 18 heteroatoms. The van der Waals surface area contributed by atoms with Crippen LogP contribution in [-0.2, 0) is 0 Å². The van der Waals surface area contributed by atoms with Crippen molar-refractivity contribution in [1.29, 1.82) is 0 Å². The van der Waals surface area contributed by atoms with Crippen LogP contribution >= 0.6 is 0 Å². The van der Waals surface area contributed by atoms with E-state index in [1.165, 1.54) is 37.6 Å². The number of unbranched alkanes of at least 4 members (excludes halogenated alkanes) is 2. The van der Waals surface area contributed by atoms with E-state index < -0.39 is 23.9 Å². The Morgan fingerprint density at radius 2 is 0.917 bits per heavy atom. The fraction of sp³-hybridized carbons (Fsp3) is 0.333. The number of nitrogens with zero attached hydrogens (tertiary/aromatic N) is 6. The SMILES string of the molecule is NCCCCC1NC(=O)c2coc(n2)-c2coc(n2)-c2coc(n2)C(CCCC[NH3+])NC(=O)c2coc(n2)-c2coc(n2)-c2coc1n2. The van der Waals surface area contributed by atoms with Crippen molar-refractivity contribution >= 4 is 11.8 Å². The third kappa shape index (κ3) is 6.38. The van der Waals surface area contributed by atoms with Crippen molar-refractivity contribution in [2.75, 3.05) is 13.1 Å². The number of aromatic nitrogens is 6. The first kappa shape index (κ1) is 30.8. The highest BCUT2D eigenvalue weighted by molar-refractivity contribution is 5.93. The molecule has 18 nitrogen and oxygen atoms in total. The van der Waals surface area contributed by atoms with Crippen molar-refractivity contribution in [3.63, 3.8) is 0 Å². The zero-order valence-corrected chi connectivity index (χ0v) is 25.5. The summed E-state index contributed by atoms with van der Waals surface area (Å²) in [6, 6.07) is -1.24. The zero-order chi connectivity index (χ0) is 33.0. The Hall–Kier alpha value is -5.88. The van der Waals surface area contributed by atoms with Crippen LogP contribution in [0.2, 0.25) is 0 Å². The van der Waals surface area contributed by atoms with Crippen LogP contribution in [0.1, 0.15) is 83.4 Å². The number of hydrogen-bond acceptors (Lipinski definition) is 15. The fourth-order valence-electron chi connectivity index (χ4n) is 5.06. The van der Waals surface area contributed by atoms with Crippen molar-refractivity contribution in [3.8, 4) is 46.3 Å². The molecule has 0 radical (unpaired) electrons. The molecule has 7 N–H and O–H groups in total. The first-order valence-corrected chi connectivity index (χ1v) is 15.3. The van der Waals surface area contributed by atoms with E-state index in [9.17, 15) is 9.59 Å². The van der Waals surface area contributed by atoms with Crippen LogP contribution in [0, 0.1) is 0 Å². The standard InChI is InChI=1S/C30H30N10O8/c31-7-3-1-5-15-25-37-21(11-45-25)29-39-20(13-47-29)28-36-18(10-44-28)24(42)34-16(6-2-4-8-32)26-38-22(12-46-26)30-40-19(14-48-30)27-35-17(9-43-27)23(41)33-15/h9-16H,1-8,31-32H2,(H,33,41)(H,34,42)/p+1. The highest BCUT2D eigenvalue weighted by atomic mass is 16.4. The van der Waals surface area contributed by atoms with Gasteiger partial charge in [-0.1, -0.05) is 0 Å². The molecule has 0 fully saturated rings.